The second kappa shape index (κ2) is 8.29. The maximum absolute atomic E-state index is 12.2. The fourth-order valence-corrected chi connectivity index (χ4v) is 2.51. The van der Waals surface area contributed by atoms with Gasteiger partial charge in [0.15, 0.2) is 0 Å². The molecule has 0 spiro atoms. The molecule has 0 saturated carbocycles. The van der Waals surface area contributed by atoms with Crippen LogP contribution in [0.2, 0.25) is 0 Å². The molecule has 2 rings (SSSR count). The van der Waals surface area contributed by atoms with Crippen molar-refractivity contribution in [2.45, 2.75) is 39.7 Å². The molecule has 2 aromatic rings. The Hall–Kier alpha value is -2.62. The van der Waals surface area contributed by atoms with Gasteiger partial charge in [0, 0.05) is 18.5 Å². The summed E-state index contributed by atoms with van der Waals surface area (Å²) in [4.78, 5) is 23.1. The number of hydrogen-bond acceptors (Lipinski definition) is 3. The first-order valence-electron chi connectivity index (χ1n) is 8.19. The summed E-state index contributed by atoms with van der Waals surface area (Å²) in [6.07, 6.45) is 2.02. The summed E-state index contributed by atoms with van der Waals surface area (Å²) in [7, 11) is 0. The lowest BCUT2D eigenvalue weighted by Crippen LogP contribution is -2.32. The van der Waals surface area contributed by atoms with Crippen LogP contribution < -0.4 is 10.1 Å². The van der Waals surface area contributed by atoms with Gasteiger partial charge in [-0.15, -0.1) is 0 Å². The third-order valence-electron chi connectivity index (χ3n) is 3.70. The third-order valence-corrected chi connectivity index (χ3v) is 3.70. The van der Waals surface area contributed by atoms with Crippen LogP contribution in [0.4, 0.5) is 0 Å². The van der Waals surface area contributed by atoms with E-state index < -0.39 is 0 Å². The second-order valence-corrected chi connectivity index (χ2v) is 5.86. The quantitative estimate of drug-likeness (QED) is 0.640. The molecule has 0 radical (unpaired) electrons. The first-order valence-corrected chi connectivity index (χ1v) is 8.19. The first kappa shape index (κ1) is 17.7. The Labute approximate surface area is 142 Å². The van der Waals surface area contributed by atoms with Gasteiger partial charge in [0.1, 0.15) is 5.75 Å². The summed E-state index contributed by atoms with van der Waals surface area (Å²) >= 11 is 0. The monoisotopic (exact) mass is 325 g/mol. The van der Waals surface area contributed by atoms with Crippen LogP contribution in [-0.4, -0.2) is 17.9 Å². The lowest BCUT2D eigenvalue weighted by atomic mass is 10.0. The molecule has 1 N–H and O–H groups in total. The van der Waals surface area contributed by atoms with Gasteiger partial charge in [-0.25, -0.2) is 0 Å². The molecule has 1 amide bonds. The minimum Gasteiger partial charge on any atom is -0.427 e. The molecule has 126 valence electrons. The minimum absolute atomic E-state index is 0.0484. The maximum Gasteiger partial charge on any atom is 0.308 e. The lowest BCUT2D eigenvalue weighted by Gasteiger charge is -2.13. The predicted molar refractivity (Wildman–Crippen MR) is 95.0 cm³/mol. The van der Waals surface area contributed by atoms with E-state index in [1.54, 1.807) is 12.1 Å². The topological polar surface area (TPSA) is 55.4 Å². The maximum atomic E-state index is 12.2. The van der Waals surface area contributed by atoms with Crippen molar-refractivity contribution in [1.29, 1.82) is 0 Å². The largest absolute Gasteiger partial charge is 0.427 e. The highest BCUT2D eigenvalue weighted by Crippen LogP contribution is 2.23. The Morgan fingerprint density at radius 3 is 2.04 bits per heavy atom. The van der Waals surface area contributed by atoms with Crippen LogP contribution in [0.5, 0.6) is 5.75 Å². The van der Waals surface area contributed by atoms with E-state index in [1.165, 1.54) is 6.92 Å². The van der Waals surface area contributed by atoms with E-state index in [0.29, 0.717) is 11.3 Å². The minimum atomic E-state index is -0.338. The van der Waals surface area contributed by atoms with E-state index >= 15 is 0 Å². The van der Waals surface area contributed by atoms with Gasteiger partial charge in [-0.05, 0) is 48.7 Å². The molecule has 0 aliphatic heterocycles. The molecule has 0 aliphatic carbocycles. The predicted octanol–water partition coefficient (Wildman–Crippen LogP) is 4.20. The number of benzene rings is 2. The van der Waals surface area contributed by atoms with Gasteiger partial charge in [-0.1, -0.05) is 37.6 Å². The smallest absolute Gasteiger partial charge is 0.308 e. The van der Waals surface area contributed by atoms with Gasteiger partial charge < -0.3 is 10.1 Å². The van der Waals surface area contributed by atoms with E-state index in [0.717, 1.165) is 24.0 Å². The standard InChI is InChI=1S/C20H23NO3/c1-4-5-14(2)21-20(23)18-8-6-16(7-9-18)17-10-12-19(13-11-17)24-15(3)22/h6-14H,4-5H2,1-3H3,(H,21,23). The number of carbonyl (C=O) groups is 2. The van der Waals surface area contributed by atoms with Gasteiger partial charge in [0.05, 0.1) is 0 Å². The summed E-state index contributed by atoms with van der Waals surface area (Å²) in [5, 5.41) is 2.99. The van der Waals surface area contributed by atoms with E-state index in [2.05, 4.69) is 12.2 Å². The molecule has 0 bridgehead atoms. The molecule has 0 aliphatic rings. The van der Waals surface area contributed by atoms with Crippen LogP contribution >= 0.6 is 0 Å². The van der Waals surface area contributed by atoms with Crippen LogP contribution in [-0.2, 0) is 4.79 Å². The van der Waals surface area contributed by atoms with Crippen LogP contribution in [0.15, 0.2) is 48.5 Å². The van der Waals surface area contributed by atoms with Gasteiger partial charge >= 0.3 is 5.97 Å². The van der Waals surface area contributed by atoms with E-state index in [-0.39, 0.29) is 17.9 Å². The van der Waals surface area contributed by atoms with Crippen molar-refractivity contribution >= 4 is 11.9 Å². The third kappa shape index (κ3) is 4.95. The summed E-state index contributed by atoms with van der Waals surface area (Å²) in [6, 6.07) is 14.9. The lowest BCUT2D eigenvalue weighted by molar-refractivity contribution is -0.131. The number of ether oxygens (including phenoxy) is 1. The van der Waals surface area contributed by atoms with Crippen molar-refractivity contribution in [1.82, 2.24) is 5.32 Å². The number of carbonyl (C=O) groups excluding carboxylic acids is 2. The van der Waals surface area contributed by atoms with Crippen molar-refractivity contribution in [3.63, 3.8) is 0 Å². The van der Waals surface area contributed by atoms with Crippen molar-refractivity contribution in [2.75, 3.05) is 0 Å². The van der Waals surface area contributed by atoms with Crippen LogP contribution in [0.25, 0.3) is 11.1 Å². The number of amides is 1. The second-order valence-electron chi connectivity index (χ2n) is 5.86. The normalized spacial score (nSPS) is 11.6. The highest BCUT2D eigenvalue weighted by atomic mass is 16.5. The van der Waals surface area contributed by atoms with Crippen molar-refractivity contribution in [3.8, 4) is 16.9 Å². The van der Waals surface area contributed by atoms with Crippen LogP contribution in [0.3, 0.4) is 0 Å². The zero-order valence-electron chi connectivity index (χ0n) is 14.3. The zero-order valence-corrected chi connectivity index (χ0v) is 14.3. The average Bonchev–Trinajstić information content (AvgIpc) is 2.55. The average molecular weight is 325 g/mol. The zero-order chi connectivity index (χ0) is 17.5. The summed E-state index contributed by atoms with van der Waals surface area (Å²) in [5.74, 6) is 0.135. The van der Waals surface area contributed by atoms with Crippen LogP contribution in [0.1, 0.15) is 44.0 Å². The van der Waals surface area contributed by atoms with Crippen molar-refractivity contribution in [3.05, 3.63) is 54.1 Å². The molecule has 0 heterocycles. The molecular formula is C20H23NO3. The SMILES string of the molecule is CCCC(C)NC(=O)c1ccc(-c2ccc(OC(C)=O)cc2)cc1. The Kier molecular flexibility index (Phi) is 6.13. The summed E-state index contributed by atoms with van der Waals surface area (Å²) in [5.41, 5.74) is 2.65. The van der Waals surface area contributed by atoms with Gasteiger partial charge in [-0.2, -0.15) is 0 Å². The summed E-state index contributed by atoms with van der Waals surface area (Å²) in [6.45, 7) is 5.49. The van der Waals surface area contributed by atoms with Gasteiger partial charge in [0.25, 0.3) is 5.91 Å². The Morgan fingerprint density at radius 2 is 1.54 bits per heavy atom. The molecular weight excluding hydrogens is 302 g/mol. The molecule has 1 unspecified atom stereocenters. The molecule has 4 heteroatoms. The molecule has 1 atom stereocenters. The van der Waals surface area contributed by atoms with Gasteiger partial charge in [-0.3, -0.25) is 9.59 Å². The van der Waals surface area contributed by atoms with E-state index in [9.17, 15) is 9.59 Å². The number of rotatable bonds is 6. The molecule has 24 heavy (non-hydrogen) atoms. The first-order chi connectivity index (χ1) is 11.5. The molecule has 0 saturated heterocycles. The van der Waals surface area contributed by atoms with Crippen molar-refractivity contribution in [2.24, 2.45) is 0 Å². The summed E-state index contributed by atoms with van der Waals surface area (Å²) < 4.78 is 5.02. The molecule has 0 aromatic heterocycles. The van der Waals surface area contributed by atoms with Gasteiger partial charge in [0.2, 0.25) is 0 Å². The number of nitrogens with one attached hydrogen (secondary N) is 1. The fourth-order valence-electron chi connectivity index (χ4n) is 2.51. The Balaban J connectivity index is 2.06. The Bertz CT molecular complexity index is 690. The molecule has 0 fully saturated rings. The van der Waals surface area contributed by atoms with E-state index in [4.69, 9.17) is 4.74 Å². The number of hydrogen-bond donors (Lipinski definition) is 1. The van der Waals surface area contributed by atoms with E-state index in [1.807, 2.05) is 43.3 Å². The fraction of sp³-hybridized carbons (Fsp3) is 0.300. The highest BCUT2D eigenvalue weighted by Gasteiger charge is 2.09. The molecule has 4 nitrogen and oxygen atoms in total. The van der Waals surface area contributed by atoms with Crippen molar-refractivity contribution < 1.29 is 14.3 Å². The Morgan fingerprint density at radius 1 is 1.00 bits per heavy atom. The molecule has 2 aromatic carbocycles. The number of esters is 1. The highest BCUT2D eigenvalue weighted by molar-refractivity contribution is 5.94. The van der Waals surface area contributed by atoms with Crippen LogP contribution in [0, 0.1) is 0 Å².